The molecular weight excluding hydrogens is 395 g/mol. The highest BCUT2D eigenvalue weighted by molar-refractivity contribution is 5.94. The molecule has 0 bridgehead atoms. The van der Waals surface area contributed by atoms with Crippen molar-refractivity contribution in [2.24, 2.45) is 0 Å². The molecule has 2 aromatic heterocycles. The molecule has 1 aliphatic heterocycles. The Hall–Kier alpha value is -3.30. The van der Waals surface area contributed by atoms with E-state index in [1.165, 1.54) is 23.4 Å². The van der Waals surface area contributed by atoms with Crippen molar-refractivity contribution < 1.29 is 26.7 Å². The maximum Gasteiger partial charge on any atom is 0.419 e. The van der Waals surface area contributed by atoms with Crippen LogP contribution in [0.3, 0.4) is 0 Å². The zero-order valence-corrected chi connectivity index (χ0v) is 14.7. The molecule has 0 N–H and O–H groups in total. The summed E-state index contributed by atoms with van der Waals surface area (Å²) >= 11 is 0. The molecule has 5 nitrogen and oxygen atoms in total. The minimum atomic E-state index is -4.89. The number of carbonyl (C=O) groups is 1. The third kappa shape index (κ3) is 3.45. The van der Waals surface area contributed by atoms with E-state index in [-0.39, 0.29) is 13.1 Å². The summed E-state index contributed by atoms with van der Waals surface area (Å²) in [5.41, 5.74) is -0.851. The maximum atomic E-state index is 14.3. The summed E-state index contributed by atoms with van der Waals surface area (Å²) in [4.78, 5) is 22.1. The van der Waals surface area contributed by atoms with Crippen LogP contribution in [0.2, 0.25) is 0 Å². The third-order valence-corrected chi connectivity index (χ3v) is 4.69. The fourth-order valence-corrected chi connectivity index (χ4v) is 3.28. The van der Waals surface area contributed by atoms with Gasteiger partial charge in [-0.25, -0.2) is 18.7 Å². The first-order valence-electron chi connectivity index (χ1n) is 8.57. The first-order valence-corrected chi connectivity index (χ1v) is 8.57. The van der Waals surface area contributed by atoms with Crippen LogP contribution < -0.4 is 0 Å². The van der Waals surface area contributed by atoms with Crippen LogP contribution in [0.5, 0.6) is 0 Å². The Balaban J connectivity index is 1.60. The van der Waals surface area contributed by atoms with E-state index >= 15 is 0 Å². The van der Waals surface area contributed by atoms with Gasteiger partial charge in [0.05, 0.1) is 35.3 Å². The topological polar surface area (TPSA) is 51.0 Å². The predicted octanol–water partition coefficient (Wildman–Crippen LogP) is 3.76. The molecule has 0 unspecified atom stereocenters. The van der Waals surface area contributed by atoms with Crippen LogP contribution in [0, 0.1) is 11.6 Å². The lowest BCUT2D eigenvalue weighted by Gasteiger charge is -2.27. The van der Waals surface area contributed by atoms with E-state index in [9.17, 15) is 26.7 Å². The van der Waals surface area contributed by atoms with Gasteiger partial charge < -0.3 is 4.90 Å². The molecule has 3 heterocycles. The number of amides is 1. The summed E-state index contributed by atoms with van der Waals surface area (Å²) in [7, 11) is 0. The number of aromatic nitrogens is 3. The molecule has 0 aliphatic carbocycles. The molecule has 0 fully saturated rings. The molecule has 1 amide bonds. The van der Waals surface area contributed by atoms with Gasteiger partial charge in [-0.3, -0.25) is 9.36 Å². The van der Waals surface area contributed by atoms with Crippen LogP contribution in [0.4, 0.5) is 22.0 Å². The maximum absolute atomic E-state index is 14.3. The number of carbonyl (C=O) groups excluding carboxylic acids is 1. The van der Waals surface area contributed by atoms with Crippen molar-refractivity contribution in [3.63, 3.8) is 0 Å². The number of nitrogens with zero attached hydrogens (tertiary/aromatic N) is 4. The molecule has 1 aromatic carbocycles. The Kier molecular flexibility index (Phi) is 4.56. The molecule has 0 radical (unpaired) electrons. The first kappa shape index (κ1) is 19.0. The molecule has 3 aromatic rings. The number of hydrogen-bond acceptors (Lipinski definition) is 3. The van der Waals surface area contributed by atoms with Gasteiger partial charge in [0.25, 0.3) is 5.91 Å². The SMILES string of the molecule is O=C(c1cccc(C(F)(F)F)c1F)N1CCc2c(ncn2-c2ccc(F)cn2)C1. The molecule has 0 atom stereocenters. The van der Waals surface area contributed by atoms with E-state index in [0.717, 1.165) is 24.0 Å². The standard InChI is InChI=1S/C19H13F5N4O/c20-11-4-5-16(25-8-11)28-10-26-14-9-27(7-6-15(14)28)18(29)12-2-1-3-13(17(12)21)19(22,23)24/h1-5,8,10H,6-7,9H2. The number of benzene rings is 1. The van der Waals surface area contributed by atoms with E-state index in [4.69, 9.17) is 0 Å². The number of halogens is 5. The van der Waals surface area contributed by atoms with Crippen molar-refractivity contribution in [2.75, 3.05) is 6.54 Å². The fraction of sp³-hybridized carbons (Fsp3) is 0.211. The number of imidazole rings is 1. The average molecular weight is 408 g/mol. The molecule has 0 spiro atoms. The number of pyridine rings is 1. The number of alkyl halides is 3. The molecular formula is C19H13F5N4O. The molecule has 150 valence electrons. The van der Waals surface area contributed by atoms with E-state index in [0.29, 0.717) is 24.0 Å². The highest BCUT2D eigenvalue weighted by atomic mass is 19.4. The monoisotopic (exact) mass is 408 g/mol. The minimum absolute atomic E-state index is 0.0120. The second-order valence-corrected chi connectivity index (χ2v) is 6.48. The van der Waals surface area contributed by atoms with Crippen molar-refractivity contribution >= 4 is 5.91 Å². The van der Waals surface area contributed by atoms with Crippen molar-refractivity contribution in [2.45, 2.75) is 19.1 Å². The number of fused-ring (bicyclic) bond motifs is 1. The Morgan fingerprint density at radius 3 is 2.55 bits per heavy atom. The Morgan fingerprint density at radius 1 is 1.07 bits per heavy atom. The third-order valence-electron chi connectivity index (χ3n) is 4.69. The second-order valence-electron chi connectivity index (χ2n) is 6.48. The summed E-state index contributed by atoms with van der Waals surface area (Å²) in [6, 6.07) is 5.36. The van der Waals surface area contributed by atoms with Gasteiger partial charge in [-0.05, 0) is 24.3 Å². The highest BCUT2D eigenvalue weighted by Crippen LogP contribution is 2.33. The number of rotatable bonds is 2. The summed E-state index contributed by atoms with van der Waals surface area (Å²) in [6.07, 6.45) is -2.02. The summed E-state index contributed by atoms with van der Waals surface area (Å²) in [6.45, 7) is 0.173. The van der Waals surface area contributed by atoms with Gasteiger partial charge in [0, 0.05) is 13.0 Å². The van der Waals surface area contributed by atoms with Crippen LogP contribution in [-0.4, -0.2) is 31.9 Å². The summed E-state index contributed by atoms with van der Waals surface area (Å²) in [5, 5.41) is 0. The largest absolute Gasteiger partial charge is 0.419 e. The average Bonchev–Trinajstić information content (AvgIpc) is 3.10. The van der Waals surface area contributed by atoms with Gasteiger partial charge in [0.15, 0.2) is 0 Å². The Bertz CT molecular complexity index is 1080. The molecule has 10 heteroatoms. The summed E-state index contributed by atoms with van der Waals surface area (Å²) in [5.74, 6) is -2.46. The lowest BCUT2D eigenvalue weighted by Crippen LogP contribution is -2.37. The predicted molar refractivity (Wildman–Crippen MR) is 91.2 cm³/mol. The van der Waals surface area contributed by atoms with E-state index in [1.54, 1.807) is 4.57 Å². The van der Waals surface area contributed by atoms with E-state index < -0.39 is 34.8 Å². The molecule has 1 aliphatic rings. The summed E-state index contributed by atoms with van der Waals surface area (Å²) < 4.78 is 67.8. The van der Waals surface area contributed by atoms with Crippen LogP contribution >= 0.6 is 0 Å². The lowest BCUT2D eigenvalue weighted by atomic mass is 10.1. The highest BCUT2D eigenvalue weighted by Gasteiger charge is 2.36. The molecule has 4 rings (SSSR count). The number of hydrogen-bond donors (Lipinski definition) is 0. The van der Waals surface area contributed by atoms with E-state index in [1.807, 2.05) is 0 Å². The van der Waals surface area contributed by atoms with Gasteiger partial charge >= 0.3 is 6.18 Å². The van der Waals surface area contributed by atoms with Gasteiger partial charge in [0.2, 0.25) is 0 Å². The van der Waals surface area contributed by atoms with Crippen LogP contribution in [0.25, 0.3) is 5.82 Å². The lowest BCUT2D eigenvalue weighted by molar-refractivity contribution is -0.140. The van der Waals surface area contributed by atoms with Crippen molar-refractivity contribution in [3.8, 4) is 5.82 Å². The first-order chi connectivity index (χ1) is 13.8. The van der Waals surface area contributed by atoms with E-state index in [2.05, 4.69) is 9.97 Å². The molecule has 0 saturated heterocycles. The zero-order valence-electron chi connectivity index (χ0n) is 14.7. The van der Waals surface area contributed by atoms with Crippen LogP contribution in [0.1, 0.15) is 27.3 Å². The van der Waals surface area contributed by atoms with Crippen LogP contribution in [0.15, 0.2) is 42.9 Å². The normalized spacial score (nSPS) is 14.0. The quantitative estimate of drug-likeness (QED) is 0.607. The van der Waals surface area contributed by atoms with Crippen molar-refractivity contribution in [1.82, 2.24) is 19.4 Å². The second kappa shape index (κ2) is 6.94. The minimum Gasteiger partial charge on any atom is -0.332 e. The van der Waals surface area contributed by atoms with Crippen LogP contribution in [-0.2, 0) is 19.1 Å². The molecule has 29 heavy (non-hydrogen) atoms. The Morgan fingerprint density at radius 2 is 1.86 bits per heavy atom. The smallest absolute Gasteiger partial charge is 0.332 e. The fourth-order valence-electron chi connectivity index (χ4n) is 3.28. The van der Waals surface area contributed by atoms with Gasteiger partial charge in [-0.15, -0.1) is 0 Å². The van der Waals surface area contributed by atoms with Gasteiger partial charge in [0.1, 0.15) is 23.8 Å². The van der Waals surface area contributed by atoms with Crippen molar-refractivity contribution in [1.29, 1.82) is 0 Å². The van der Waals surface area contributed by atoms with Gasteiger partial charge in [-0.2, -0.15) is 13.2 Å². The van der Waals surface area contributed by atoms with Crippen molar-refractivity contribution in [3.05, 3.63) is 77.0 Å². The zero-order chi connectivity index (χ0) is 20.8. The Labute approximate surface area is 161 Å². The van der Waals surface area contributed by atoms with Gasteiger partial charge in [-0.1, -0.05) is 6.07 Å². The molecule has 0 saturated carbocycles.